The van der Waals surface area contributed by atoms with Gasteiger partial charge in [0.25, 0.3) is 11.8 Å². The maximum Gasteiger partial charge on any atom is 0.273 e. The molecule has 2 aromatic rings. The lowest BCUT2D eigenvalue weighted by Gasteiger charge is -2.13. The van der Waals surface area contributed by atoms with Crippen LogP contribution in [0.25, 0.3) is 5.57 Å². The monoisotopic (exact) mass is 355 g/mol. The minimum absolute atomic E-state index is 0.00952. The molecule has 2 heterocycles. The maximum atomic E-state index is 12.5. The highest BCUT2D eigenvalue weighted by molar-refractivity contribution is 6.55. The Morgan fingerprint density at radius 3 is 2.45 bits per heavy atom. The van der Waals surface area contributed by atoms with Crippen LogP contribution in [0.5, 0.6) is 0 Å². The van der Waals surface area contributed by atoms with Crippen molar-refractivity contribution in [2.45, 2.75) is 6.54 Å². The van der Waals surface area contributed by atoms with Gasteiger partial charge in [-0.3, -0.25) is 14.5 Å². The van der Waals surface area contributed by atoms with Gasteiger partial charge < -0.3 is 4.42 Å². The summed E-state index contributed by atoms with van der Waals surface area (Å²) in [6.07, 6.45) is 1.46. The average Bonchev–Trinajstić information content (AvgIpc) is 3.05. The summed E-state index contributed by atoms with van der Waals surface area (Å²) < 4.78 is 5.16. The number of carbonyl (C=O) groups is 2. The predicted molar refractivity (Wildman–Crippen MR) is 83.5 cm³/mol. The van der Waals surface area contributed by atoms with E-state index in [-0.39, 0.29) is 22.2 Å². The molecule has 22 heavy (non-hydrogen) atoms. The van der Waals surface area contributed by atoms with Gasteiger partial charge in [-0.15, -0.1) is 0 Å². The van der Waals surface area contributed by atoms with Crippen LogP contribution in [-0.2, 0) is 16.1 Å². The van der Waals surface area contributed by atoms with Crippen LogP contribution >= 0.6 is 34.8 Å². The van der Waals surface area contributed by atoms with Gasteiger partial charge in [0.05, 0.1) is 23.4 Å². The van der Waals surface area contributed by atoms with Gasteiger partial charge in [0.15, 0.2) is 0 Å². The highest BCUT2D eigenvalue weighted by Gasteiger charge is 2.39. The van der Waals surface area contributed by atoms with E-state index in [0.717, 1.165) is 4.90 Å². The molecule has 0 saturated carbocycles. The second-order valence-electron chi connectivity index (χ2n) is 4.59. The molecule has 112 valence electrons. The topological polar surface area (TPSA) is 50.5 Å². The largest absolute Gasteiger partial charge is 0.467 e. The van der Waals surface area contributed by atoms with E-state index in [4.69, 9.17) is 39.2 Å². The normalized spacial score (nSPS) is 15.1. The third-order valence-electron chi connectivity index (χ3n) is 3.21. The Hall–Kier alpha value is -1.75. The predicted octanol–water partition coefficient (Wildman–Crippen LogP) is 4.11. The molecule has 0 radical (unpaired) electrons. The lowest BCUT2D eigenvalue weighted by molar-refractivity contribution is -0.137. The molecule has 0 N–H and O–H groups in total. The molecule has 1 aliphatic heterocycles. The van der Waals surface area contributed by atoms with E-state index in [1.807, 2.05) is 0 Å². The Morgan fingerprint density at radius 1 is 1.05 bits per heavy atom. The number of carbonyl (C=O) groups excluding carboxylic acids is 2. The van der Waals surface area contributed by atoms with Crippen LogP contribution < -0.4 is 0 Å². The Bertz CT molecular complexity index is 796. The van der Waals surface area contributed by atoms with Crippen molar-refractivity contribution in [3.8, 4) is 0 Å². The Labute approximate surface area is 140 Å². The van der Waals surface area contributed by atoms with E-state index in [2.05, 4.69) is 0 Å². The van der Waals surface area contributed by atoms with E-state index in [1.165, 1.54) is 12.3 Å². The van der Waals surface area contributed by atoms with Crippen molar-refractivity contribution in [3.63, 3.8) is 0 Å². The van der Waals surface area contributed by atoms with Gasteiger partial charge in [0.2, 0.25) is 0 Å². The first kappa shape index (κ1) is 15.2. The summed E-state index contributed by atoms with van der Waals surface area (Å²) >= 11 is 18.0. The van der Waals surface area contributed by atoms with Gasteiger partial charge in [0.1, 0.15) is 10.8 Å². The highest BCUT2D eigenvalue weighted by atomic mass is 35.5. The van der Waals surface area contributed by atoms with Crippen molar-refractivity contribution in [1.29, 1.82) is 0 Å². The molecule has 3 rings (SSSR count). The molecular formula is C15H8Cl3NO3. The summed E-state index contributed by atoms with van der Waals surface area (Å²) in [6, 6.07) is 7.97. The molecule has 4 nitrogen and oxygen atoms in total. The third-order valence-corrected chi connectivity index (χ3v) is 4.10. The van der Waals surface area contributed by atoms with Crippen molar-refractivity contribution >= 4 is 52.2 Å². The van der Waals surface area contributed by atoms with Gasteiger partial charge in [-0.25, -0.2) is 0 Å². The van der Waals surface area contributed by atoms with Crippen LogP contribution in [-0.4, -0.2) is 16.7 Å². The number of halogens is 3. The molecule has 1 aromatic carbocycles. The lowest BCUT2D eigenvalue weighted by Crippen LogP contribution is -2.30. The molecular weight excluding hydrogens is 349 g/mol. The first-order chi connectivity index (χ1) is 10.5. The zero-order valence-corrected chi connectivity index (χ0v) is 13.2. The average molecular weight is 357 g/mol. The van der Waals surface area contributed by atoms with Gasteiger partial charge in [0, 0.05) is 10.6 Å². The fourth-order valence-electron chi connectivity index (χ4n) is 2.17. The summed E-state index contributed by atoms with van der Waals surface area (Å²) in [6.45, 7) is 0.00952. The van der Waals surface area contributed by atoms with Crippen LogP contribution in [0.15, 0.2) is 46.0 Å². The minimum atomic E-state index is -0.580. The van der Waals surface area contributed by atoms with Gasteiger partial charge >= 0.3 is 0 Å². The van der Waals surface area contributed by atoms with Crippen molar-refractivity contribution < 1.29 is 14.0 Å². The number of hydrogen-bond acceptors (Lipinski definition) is 3. The molecule has 0 bridgehead atoms. The second-order valence-corrected chi connectivity index (χ2v) is 5.81. The zero-order chi connectivity index (χ0) is 15.9. The summed E-state index contributed by atoms with van der Waals surface area (Å²) in [7, 11) is 0. The summed E-state index contributed by atoms with van der Waals surface area (Å²) in [5, 5.41) is 0.511. The van der Waals surface area contributed by atoms with Crippen molar-refractivity contribution in [3.05, 3.63) is 63.0 Å². The molecule has 0 saturated heterocycles. The Kier molecular flexibility index (Phi) is 4.00. The number of amides is 2. The molecule has 0 atom stereocenters. The fraction of sp³-hybridized carbons (Fsp3) is 0.0667. The van der Waals surface area contributed by atoms with Gasteiger partial charge in [-0.05, 0) is 24.3 Å². The van der Waals surface area contributed by atoms with Crippen LogP contribution in [0.1, 0.15) is 11.3 Å². The van der Waals surface area contributed by atoms with E-state index in [0.29, 0.717) is 16.3 Å². The SMILES string of the molecule is O=C1C(Cl)=C(c2ccc(Cl)cc2Cl)C(=O)N1Cc1ccco1. The highest BCUT2D eigenvalue weighted by Crippen LogP contribution is 2.36. The van der Waals surface area contributed by atoms with Crippen molar-refractivity contribution in [1.82, 2.24) is 4.90 Å². The van der Waals surface area contributed by atoms with Crippen LogP contribution in [0, 0.1) is 0 Å². The van der Waals surface area contributed by atoms with E-state index in [1.54, 1.807) is 24.3 Å². The van der Waals surface area contributed by atoms with E-state index >= 15 is 0 Å². The number of benzene rings is 1. The molecule has 7 heteroatoms. The molecule has 1 aliphatic rings. The first-order valence-corrected chi connectivity index (χ1v) is 7.36. The number of hydrogen-bond donors (Lipinski definition) is 0. The number of imide groups is 1. The molecule has 0 fully saturated rings. The first-order valence-electron chi connectivity index (χ1n) is 6.23. The quantitative estimate of drug-likeness (QED) is 0.778. The summed E-state index contributed by atoms with van der Waals surface area (Å²) in [4.78, 5) is 25.7. The third kappa shape index (κ3) is 2.54. The molecule has 0 aliphatic carbocycles. The van der Waals surface area contributed by atoms with Crippen LogP contribution in [0.2, 0.25) is 10.0 Å². The molecule has 0 unspecified atom stereocenters. The number of furan rings is 1. The number of rotatable bonds is 3. The van der Waals surface area contributed by atoms with Crippen LogP contribution in [0.3, 0.4) is 0 Å². The lowest BCUT2D eigenvalue weighted by atomic mass is 10.1. The summed E-state index contributed by atoms with van der Waals surface area (Å²) in [5.41, 5.74) is 0.441. The smallest absolute Gasteiger partial charge is 0.273 e. The zero-order valence-electron chi connectivity index (χ0n) is 11.0. The molecule has 1 aromatic heterocycles. The minimum Gasteiger partial charge on any atom is -0.467 e. The molecule has 0 spiro atoms. The second kappa shape index (κ2) is 5.80. The van der Waals surface area contributed by atoms with Gasteiger partial charge in [-0.2, -0.15) is 0 Å². The standard InChI is InChI=1S/C15H8Cl3NO3/c16-8-3-4-10(11(17)6-8)12-13(18)15(21)19(14(12)20)7-9-2-1-5-22-9/h1-6H,7H2. The van der Waals surface area contributed by atoms with E-state index < -0.39 is 11.8 Å². The van der Waals surface area contributed by atoms with Crippen molar-refractivity contribution in [2.24, 2.45) is 0 Å². The van der Waals surface area contributed by atoms with Gasteiger partial charge in [-0.1, -0.05) is 40.9 Å². The summed E-state index contributed by atoms with van der Waals surface area (Å²) in [5.74, 6) is -0.616. The van der Waals surface area contributed by atoms with Crippen molar-refractivity contribution in [2.75, 3.05) is 0 Å². The van der Waals surface area contributed by atoms with Crippen LogP contribution in [0.4, 0.5) is 0 Å². The fourth-order valence-corrected chi connectivity index (χ4v) is 2.96. The number of nitrogens with zero attached hydrogens (tertiary/aromatic N) is 1. The molecule has 2 amide bonds. The Balaban J connectivity index is 1.98. The Morgan fingerprint density at radius 2 is 1.82 bits per heavy atom. The maximum absolute atomic E-state index is 12.5. The van der Waals surface area contributed by atoms with E-state index in [9.17, 15) is 9.59 Å².